The van der Waals surface area contributed by atoms with E-state index in [1.54, 1.807) is 4.90 Å². The van der Waals surface area contributed by atoms with Crippen molar-refractivity contribution in [2.75, 3.05) is 6.54 Å². The zero-order valence-electron chi connectivity index (χ0n) is 10.1. The van der Waals surface area contributed by atoms with Crippen molar-refractivity contribution in [1.82, 2.24) is 4.90 Å². The van der Waals surface area contributed by atoms with Crippen LogP contribution in [0.5, 0.6) is 0 Å². The van der Waals surface area contributed by atoms with Gasteiger partial charge < -0.3 is 10.0 Å². The molecule has 0 aromatic carbocycles. The summed E-state index contributed by atoms with van der Waals surface area (Å²) < 4.78 is 0. The summed E-state index contributed by atoms with van der Waals surface area (Å²) in [6, 6.07) is -0.589. The van der Waals surface area contributed by atoms with E-state index in [9.17, 15) is 9.59 Å². The van der Waals surface area contributed by atoms with Gasteiger partial charge >= 0.3 is 5.97 Å². The van der Waals surface area contributed by atoms with Crippen molar-refractivity contribution in [2.24, 2.45) is 5.92 Å². The Balaban J connectivity index is 2.54. The number of carboxylic acid groups (broad SMARTS) is 1. The zero-order valence-corrected chi connectivity index (χ0v) is 10.1. The van der Waals surface area contributed by atoms with Crippen LogP contribution in [0.25, 0.3) is 0 Å². The molecule has 1 heterocycles. The van der Waals surface area contributed by atoms with Gasteiger partial charge in [0.05, 0.1) is 0 Å². The highest BCUT2D eigenvalue weighted by atomic mass is 16.4. The second kappa shape index (κ2) is 5.87. The van der Waals surface area contributed by atoms with Gasteiger partial charge in [0.25, 0.3) is 0 Å². The molecule has 1 aliphatic heterocycles. The van der Waals surface area contributed by atoms with Gasteiger partial charge in [0, 0.05) is 13.0 Å². The Hall–Kier alpha value is -1.06. The lowest BCUT2D eigenvalue weighted by atomic mass is 10.0. The van der Waals surface area contributed by atoms with Gasteiger partial charge in [-0.15, -0.1) is 0 Å². The molecule has 0 radical (unpaired) electrons. The maximum absolute atomic E-state index is 11.9. The average molecular weight is 227 g/mol. The van der Waals surface area contributed by atoms with Crippen LogP contribution >= 0.6 is 0 Å². The van der Waals surface area contributed by atoms with Gasteiger partial charge in [0.1, 0.15) is 6.04 Å². The Morgan fingerprint density at radius 2 is 2.06 bits per heavy atom. The van der Waals surface area contributed by atoms with Crippen molar-refractivity contribution in [3.05, 3.63) is 0 Å². The first kappa shape index (κ1) is 13.0. The molecule has 0 saturated carbocycles. The molecule has 1 amide bonds. The molecule has 4 heteroatoms. The highest BCUT2D eigenvalue weighted by Crippen LogP contribution is 2.19. The molecule has 1 atom stereocenters. The molecule has 0 bridgehead atoms. The molecule has 1 saturated heterocycles. The standard InChI is InChI=1S/C12H21NO3/c1-9(2)6-7-11(14)13-8-4-3-5-10(13)12(15)16/h9-10H,3-8H2,1-2H3,(H,15,16)/t10-/m1/s1. The van der Waals surface area contributed by atoms with E-state index in [0.29, 0.717) is 25.3 Å². The van der Waals surface area contributed by atoms with Gasteiger partial charge in [0.2, 0.25) is 5.91 Å². The smallest absolute Gasteiger partial charge is 0.326 e. The van der Waals surface area contributed by atoms with E-state index >= 15 is 0 Å². The lowest BCUT2D eigenvalue weighted by molar-refractivity contribution is -0.152. The van der Waals surface area contributed by atoms with Crippen molar-refractivity contribution in [3.8, 4) is 0 Å². The normalized spacial score (nSPS) is 21.2. The summed E-state index contributed by atoms with van der Waals surface area (Å²) >= 11 is 0. The van der Waals surface area contributed by atoms with Gasteiger partial charge in [-0.3, -0.25) is 4.79 Å². The van der Waals surface area contributed by atoms with Crippen molar-refractivity contribution in [1.29, 1.82) is 0 Å². The molecule has 1 rings (SSSR count). The van der Waals surface area contributed by atoms with Crippen molar-refractivity contribution in [3.63, 3.8) is 0 Å². The summed E-state index contributed by atoms with van der Waals surface area (Å²) in [6.07, 6.45) is 3.74. The first-order chi connectivity index (χ1) is 7.52. The molecule has 0 aliphatic carbocycles. The minimum Gasteiger partial charge on any atom is -0.480 e. The number of rotatable bonds is 4. The molecular weight excluding hydrogens is 206 g/mol. The lowest BCUT2D eigenvalue weighted by Crippen LogP contribution is -2.47. The largest absolute Gasteiger partial charge is 0.480 e. The van der Waals surface area contributed by atoms with Crippen LogP contribution in [0.2, 0.25) is 0 Å². The summed E-state index contributed by atoms with van der Waals surface area (Å²) in [6.45, 7) is 4.74. The number of likely N-dealkylation sites (tertiary alicyclic amines) is 1. The fraction of sp³-hybridized carbons (Fsp3) is 0.833. The van der Waals surface area contributed by atoms with Crippen molar-refractivity contribution >= 4 is 11.9 Å². The number of carboxylic acids is 1. The Morgan fingerprint density at radius 1 is 1.38 bits per heavy atom. The number of hydrogen-bond donors (Lipinski definition) is 1. The third-order valence-corrected chi connectivity index (χ3v) is 3.04. The fourth-order valence-electron chi connectivity index (χ4n) is 2.04. The van der Waals surface area contributed by atoms with E-state index in [4.69, 9.17) is 5.11 Å². The van der Waals surface area contributed by atoms with Crippen LogP contribution in [-0.2, 0) is 9.59 Å². The summed E-state index contributed by atoms with van der Waals surface area (Å²) in [5, 5.41) is 9.04. The highest BCUT2D eigenvalue weighted by molar-refractivity contribution is 5.83. The number of amides is 1. The maximum atomic E-state index is 11.9. The van der Waals surface area contributed by atoms with Gasteiger partial charge in [-0.25, -0.2) is 4.79 Å². The summed E-state index contributed by atoms with van der Waals surface area (Å²) in [5.74, 6) is -0.379. The van der Waals surface area contributed by atoms with Crippen LogP contribution in [0, 0.1) is 5.92 Å². The number of carbonyl (C=O) groups is 2. The van der Waals surface area contributed by atoms with Crippen LogP contribution in [0.1, 0.15) is 46.0 Å². The molecule has 0 aromatic heterocycles. The van der Waals surface area contributed by atoms with E-state index in [2.05, 4.69) is 13.8 Å². The number of piperidine rings is 1. The van der Waals surface area contributed by atoms with Gasteiger partial charge in [-0.2, -0.15) is 0 Å². The third-order valence-electron chi connectivity index (χ3n) is 3.04. The van der Waals surface area contributed by atoms with E-state index in [1.165, 1.54) is 0 Å². The van der Waals surface area contributed by atoms with E-state index in [-0.39, 0.29) is 5.91 Å². The lowest BCUT2D eigenvalue weighted by Gasteiger charge is -2.33. The summed E-state index contributed by atoms with van der Waals surface area (Å²) in [5.41, 5.74) is 0. The van der Waals surface area contributed by atoms with Crippen LogP contribution in [0.3, 0.4) is 0 Å². The van der Waals surface area contributed by atoms with E-state index < -0.39 is 12.0 Å². The second-order valence-electron chi connectivity index (χ2n) is 4.87. The molecule has 1 aliphatic rings. The molecule has 1 N–H and O–H groups in total. The number of hydrogen-bond acceptors (Lipinski definition) is 2. The molecule has 0 spiro atoms. The first-order valence-corrected chi connectivity index (χ1v) is 6.04. The molecule has 16 heavy (non-hydrogen) atoms. The average Bonchev–Trinajstić information content (AvgIpc) is 2.25. The molecule has 0 unspecified atom stereocenters. The zero-order chi connectivity index (χ0) is 12.1. The molecule has 92 valence electrons. The minimum absolute atomic E-state index is 0.000741. The summed E-state index contributed by atoms with van der Waals surface area (Å²) in [4.78, 5) is 24.4. The van der Waals surface area contributed by atoms with E-state index in [0.717, 1.165) is 19.3 Å². The first-order valence-electron chi connectivity index (χ1n) is 6.04. The van der Waals surface area contributed by atoms with Gasteiger partial charge in [0.15, 0.2) is 0 Å². The van der Waals surface area contributed by atoms with Crippen LogP contribution < -0.4 is 0 Å². The van der Waals surface area contributed by atoms with Gasteiger partial charge in [-0.1, -0.05) is 13.8 Å². The predicted molar refractivity (Wildman–Crippen MR) is 61.1 cm³/mol. The Morgan fingerprint density at radius 3 is 2.62 bits per heavy atom. The minimum atomic E-state index is -0.863. The topological polar surface area (TPSA) is 57.6 Å². The molecule has 4 nitrogen and oxygen atoms in total. The van der Waals surface area contributed by atoms with Crippen molar-refractivity contribution in [2.45, 2.75) is 52.0 Å². The van der Waals surface area contributed by atoms with E-state index in [1.807, 2.05) is 0 Å². The third kappa shape index (κ3) is 3.51. The van der Waals surface area contributed by atoms with Crippen molar-refractivity contribution < 1.29 is 14.7 Å². The Labute approximate surface area is 96.6 Å². The number of aliphatic carboxylic acids is 1. The fourth-order valence-corrected chi connectivity index (χ4v) is 2.04. The molecule has 0 aromatic rings. The van der Waals surface area contributed by atoms with Crippen LogP contribution in [-0.4, -0.2) is 34.5 Å². The Bertz CT molecular complexity index is 263. The highest BCUT2D eigenvalue weighted by Gasteiger charge is 2.31. The van der Waals surface area contributed by atoms with Crippen LogP contribution in [0.4, 0.5) is 0 Å². The quantitative estimate of drug-likeness (QED) is 0.797. The maximum Gasteiger partial charge on any atom is 0.326 e. The predicted octanol–water partition coefficient (Wildman–Crippen LogP) is 1.89. The second-order valence-corrected chi connectivity index (χ2v) is 4.87. The SMILES string of the molecule is CC(C)CCC(=O)N1CCCC[C@@H]1C(=O)O. The number of nitrogens with zero attached hydrogens (tertiary/aromatic N) is 1. The Kier molecular flexibility index (Phi) is 4.77. The molecular formula is C12H21NO3. The van der Waals surface area contributed by atoms with Gasteiger partial charge in [-0.05, 0) is 31.6 Å². The molecule has 1 fully saturated rings. The summed E-state index contributed by atoms with van der Waals surface area (Å²) in [7, 11) is 0. The van der Waals surface area contributed by atoms with Crippen LogP contribution in [0.15, 0.2) is 0 Å². The monoisotopic (exact) mass is 227 g/mol. The number of carbonyl (C=O) groups excluding carboxylic acids is 1.